The largest absolute Gasteiger partial charge is 0.481 e. The molecule has 1 fully saturated rings. The van der Waals surface area contributed by atoms with E-state index in [1.165, 1.54) is 0 Å². The van der Waals surface area contributed by atoms with Crippen LogP contribution in [0, 0.1) is 5.92 Å². The topological polar surface area (TPSA) is 54.4 Å². The highest BCUT2D eigenvalue weighted by molar-refractivity contribution is 5.85. The van der Waals surface area contributed by atoms with E-state index in [-0.39, 0.29) is 18.1 Å². The zero-order chi connectivity index (χ0) is 8.27. The van der Waals surface area contributed by atoms with Crippen LogP contribution in [0.15, 0.2) is 0 Å². The van der Waals surface area contributed by atoms with E-state index in [2.05, 4.69) is 0 Å². The van der Waals surface area contributed by atoms with Crippen molar-refractivity contribution in [2.24, 2.45) is 5.92 Å². The molecule has 3 nitrogen and oxygen atoms in total. The Morgan fingerprint density at radius 3 is 2.82 bits per heavy atom. The Kier molecular flexibility index (Phi) is 2.63. The number of ketones is 1. The highest BCUT2D eigenvalue weighted by Crippen LogP contribution is 2.22. The molecular weight excluding hydrogens is 144 g/mol. The zero-order valence-electron chi connectivity index (χ0n) is 6.38. The van der Waals surface area contributed by atoms with Gasteiger partial charge < -0.3 is 5.11 Å². The molecule has 0 radical (unpaired) electrons. The second-order valence-corrected chi connectivity index (χ2v) is 3.01. The fraction of sp³-hybridized carbons (Fsp3) is 0.750. The maximum Gasteiger partial charge on any atom is 0.304 e. The molecule has 1 aliphatic carbocycles. The summed E-state index contributed by atoms with van der Waals surface area (Å²) in [6.45, 7) is 0. The van der Waals surface area contributed by atoms with Crippen molar-refractivity contribution in [1.29, 1.82) is 0 Å². The molecule has 0 aromatic heterocycles. The third-order valence-corrected chi connectivity index (χ3v) is 2.10. The van der Waals surface area contributed by atoms with Gasteiger partial charge in [-0.2, -0.15) is 0 Å². The molecule has 0 amide bonds. The van der Waals surface area contributed by atoms with Gasteiger partial charge in [0.2, 0.25) is 0 Å². The van der Waals surface area contributed by atoms with Crippen molar-refractivity contribution in [3.8, 4) is 0 Å². The Hall–Kier alpha value is -0.860. The van der Waals surface area contributed by atoms with E-state index in [1.807, 2.05) is 0 Å². The SMILES string of the molecule is O=C(O)C[C@H]1CCCCC1=O. The van der Waals surface area contributed by atoms with Gasteiger partial charge in [0.15, 0.2) is 0 Å². The predicted octanol–water partition coefficient (Wildman–Crippen LogP) is 1.22. The van der Waals surface area contributed by atoms with Gasteiger partial charge >= 0.3 is 5.97 Å². The first-order valence-electron chi connectivity index (χ1n) is 3.94. The summed E-state index contributed by atoms with van der Waals surface area (Å²) >= 11 is 0. The number of carbonyl (C=O) groups excluding carboxylic acids is 1. The molecule has 0 unspecified atom stereocenters. The normalized spacial score (nSPS) is 25.1. The van der Waals surface area contributed by atoms with Gasteiger partial charge in [-0.25, -0.2) is 0 Å². The Bertz CT molecular complexity index is 174. The number of hydrogen-bond acceptors (Lipinski definition) is 2. The van der Waals surface area contributed by atoms with Crippen LogP contribution in [0.1, 0.15) is 32.1 Å². The third-order valence-electron chi connectivity index (χ3n) is 2.10. The Balaban J connectivity index is 2.42. The molecular formula is C8H12O3. The summed E-state index contributed by atoms with van der Waals surface area (Å²) in [5.74, 6) is -0.912. The molecule has 0 aliphatic heterocycles. The zero-order valence-corrected chi connectivity index (χ0v) is 6.38. The summed E-state index contributed by atoms with van der Waals surface area (Å²) < 4.78 is 0. The van der Waals surface area contributed by atoms with Crippen molar-refractivity contribution < 1.29 is 14.7 Å². The van der Waals surface area contributed by atoms with Crippen LogP contribution in [0.5, 0.6) is 0 Å². The molecule has 1 aliphatic rings. The number of rotatable bonds is 2. The summed E-state index contributed by atoms with van der Waals surface area (Å²) in [6.07, 6.45) is 3.32. The van der Waals surface area contributed by atoms with Crippen LogP contribution in [0.3, 0.4) is 0 Å². The molecule has 11 heavy (non-hydrogen) atoms. The van der Waals surface area contributed by atoms with Gasteiger partial charge in [-0.1, -0.05) is 6.42 Å². The predicted molar refractivity (Wildman–Crippen MR) is 39.2 cm³/mol. The van der Waals surface area contributed by atoms with Crippen LogP contribution >= 0.6 is 0 Å². The molecule has 0 aromatic carbocycles. The van der Waals surface area contributed by atoms with Crippen LogP contribution in [0.2, 0.25) is 0 Å². The van der Waals surface area contributed by atoms with Crippen molar-refractivity contribution in [2.45, 2.75) is 32.1 Å². The number of aliphatic carboxylic acids is 1. The molecule has 3 heteroatoms. The molecule has 1 saturated carbocycles. The van der Waals surface area contributed by atoms with E-state index in [0.717, 1.165) is 19.3 Å². The van der Waals surface area contributed by atoms with Gasteiger partial charge in [-0.15, -0.1) is 0 Å². The summed E-state index contributed by atoms with van der Waals surface area (Å²) in [4.78, 5) is 21.3. The van der Waals surface area contributed by atoms with Crippen LogP contribution < -0.4 is 0 Å². The standard InChI is InChI=1S/C8H12O3/c9-7-4-2-1-3-6(7)5-8(10)11/h6H,1-5H2,(H,10,11)/t6-/m1/s1. The van der Waals surface area contributed by atoms with Gasteiger partial charge in [0, 0.05) is 12.3 Å². The summed E-state index contributed by atoms with van der Waals surface area (Å²) in [5, 5.41) is 8.43. The molecule has 0 spiro atoms. The van der Waals surface area contributed by atoms with Gasteiger partial charge in [-0.3, -0.25) is 9.59 Å². The van der Waals surface area contributed by atoms with Crippen LogP contribution in [0.4, 0.5) is 0 Å². The molecule has 0 saturated heterocycles. The van der Waals surface area contributed by atoms with Crippen molar-refractivity contribution in [3.05, 3.63) is 0 Å². The quantitative estimate of drug-likeness (QED) is 0.654. The summed E-state index contributed by atoms with van der Waals surface area (Å²) in [6, 6.07) is 0. The minimum absolute atomic E-state index is 0.0266. The second kappa shape index (κ2) is 3.51. The average molecular weight is 156 g/mol. The molecule has 0 bridgehead atoms. The smallest absolute Gasteiger partial charge is 0.304 e. The van der Waals surface area contributed by atoms with E-state index in [1.54, 1.807) is 0 Å². The Morgan fingerprint density at radius 1 is 1.55 bits per heavy atom. The van der Waals surface area contributed by atoms with E-state index in [9.17, 15) is 9.59 Å². The number of carboxylic acids is 1. The number of carboxylic acid groups (broad SMARTS) is 1. The van der Waals surface area contributed by atoms with E-state index in [0.29, 0.717) is 6.42 Å². The fourth-order valence-electron chi connectivity index (χ4n) is 1.48. The molecule has 1 N–H and O–H groups in total. The van der Waals surface area contributed by atoms with Gasteiger partial charge in [-0.05, 0) is 12.8 Å². The van der Waals surface area contributed by atoms with E-state index >= 15 is 0 Å². The highest BCUT2D eigenvalue weighted by atomic mass is 16.4. The highest BCUT2D eigenvalue weighted by Gasteiger charge is 2.23. The first-order chi connectivity index (χ1) is 5.20. The first kappa shape index (κ1) is 8.24. The monoisotopic (exact) mass is 156 g/mol. The van der Waals surface area contributed by atoms with Crippen molar-refractivity contribution in [2.75, 3.05) is 0 Å². The van der Waals surface area contributed by atoms with Crippen molar-refractivity contribution in [3.63, 3.8) is 0 Å². The number of Topliss-reactive ketones (excluding diaryl/α,β-unsaturated/α-hetero) is 1. The van der Waals surface area contributed by atoms with Crippen LogP contribution in [0.25, 0.3) is 0 Å². The Morgan fingerprint density at radius 2 is 2.27 bits per heavy atom. The van der Waals surface area contributed by atoms with E-state index < -0.39 is 5.97 Å². The molecule has 0 heterocycles. The second-order valence-electron chi connectivity index (χ2n) is 3.01. The van der Waals surface area contributed by atoms with Crippen LogP contribution in [-0.2, 0) is 9.59 Å². The molecule has 1 atom stereocenters. The maximum atomic E-state index is 11.1. The van der Waals surface area contributed by atoms with Gasteiger partial charge in [0.05, 0.1) is 6.42 Å². The van der Waals surface area contributed by atoms with Gasteiger partial charge in [0.1, 0.15) is 5.78 Å². The first-order valence-corrected chi connectivity index (χ1v) is 3.94. The summed E-state index contributed by atoms with van der Waals surface area (Å²) in [7, 11) is 0. The minimum Gasteiger partial charge on any atom is -0.481 e. The summed E-state index contributed by atoms with van der Waals surface area (Å²) in [5.41, 5.74) is 0. The average Bonchev–Trinajstić information content (AvgIpc) is 1.93. The van der Waals surface area contributed by atoms with Gasteiger partial charge in [0.25, 0.3) is 0 Å². The lowest BCUT2D eigenvalue weighted by Gasteiger charge is -2.17. The maximum absolute atomic E-state index is 11.1. The van der Waals surface area contributed by atoms with Crippen molar-refractivity contribution in [1.82, 2.24) is 0 Å². The third kappa shape index (κ3) is 2.33. The lowest BCUT2D eigenvalue weighted by atomic mass is 9.86. The van der Waals surface area contributed by atoms with E-state index in [4.69, 9.17) is 5.11 Å². The number of hydrogen-bond donors (Lipinski definition) is 1. The lowest BCUT2D eigenvalue weighted by molar-refractivity contribution is -0.141. The minimum atomic E-state index is -0.856. The molecule has 62 valence electrons. The molecule has 1 rings (SSSR count). The lowest BCUT2D eigenvalue weighted by Crippen LogP contribution is -2.21. The Labute approximate surface area is 65.4 Å². The fourth-order valence-corrected chi connectivity index (χ4v) is 1.48. The van der Waals surface area contributed by atoms with Crippen LogP contribution in [-0.4, -0.2) is 16.9 Å². The molecule has 0 aromatic rings. The van der Waals surface area contributed by atoms with Crippen molar-refractivity contribution >= 4 is 11.8 Å². The number of carbonyl (C=O) groups is 2.